The van der Waals surface area contributed by atoms with Crippen LogP contribution >= 0.6 is 0 Å². The first-order chi connectivity index (χ1) is 20.0. The van der Waals surface area contributed by atoms with E-state index in [9.17, 15) is 5.41 Å². The second-order valence-corrected chi connectivity index (χ2v) is 9.80. The minimum absolute atomic E-state index is 0.300. The van der Waals surface area contributed by atoms with Crippen molar-refractivity contribution in [1.29, 1.82) is 5.41 Å². The number of fused-ring (bicyclic) bond motifs is 2. The third-order valence-corrected chi connectivity index (χ3v) is 7.46. The Morgan fingerprint density at radius 1 is 0.878 bits per heavy atom. The van der Waals surface area contributed by atoms with Gasteiger partial charge in [-0.25, -0.2) is 9.67 Å². The lowest BCUT2D eigenvalue weighted by Crippen LogP contribution is -2.30. The Hall–Kier alpha value is -5.05. The van der Waals surface area contributed by atoms with E-state index in [1.807, 2.05) is 89.0 Å². The Bertz CT molecular complexity index is 1760. The summed E-state index contributed by atoms with van der Waals surface area (Å²) >= 11 is 0. The standard InChI is InChI=1S/C32H31N5O4/c1-20-27-28(22-11-13-24(38-2)14-12-22)29-30(33)36(17-16-21-10-15-25(39-3)26(18-21)40-4)19-34-31(29)41-32(27)37(35-20)23-8-6-5-7-9-23/h5-15,18-19,28,33H,16-17H2,1-4H3/t28-/m1/s1. The van der Waals surface area contributed by atoms with Gasteiger partial charge in [-0.05, 0) is 60.9 Å². The van der Waals surface area contributed by atoms with Gasteiger partial charge < -0.3 is 23.5 Å². The van der Waals surface area contributed by atoms with Crippen LogP contribution in [-0.2, 0) is 13.0 Å². The van der Waals surface area contributed by atoms with Crippen molar-refractivity contribution in [2.45, 2.75) is 25.8 Å². The van der Waals surface area contributed by atoms with Crippen LogP contribution in [0.15, 0.2) is 79.1 Å². The van der Waals surface area contributed by atoms with Gasteiger partial charge in [-0.15, -0.1) is 0 Å². The highest BCUT2D eigenvalue weighted by Crippen LogP contribution is 2.47. The summed E-state index contributed by atoms with van der Waals surface area (Å²) in [4.78, 5) is 4.72. The summed E-state index contributed by atoms with van der Waals surface area (Å²) in [6.45, 7) is 2.54. The summed E-state index contributed by atoms with van der Waals surface area (Å²) in [5, 5.41) is 14.2. The van der Waals surface area contributed by atoms with Crippen LogP contribution in [0.5, 0.6) is 29.0 Å². The van der Waals surface area contributed by atoms with E-state index in [-0.39, 0.29) is 5.92 Å². The number of aromatic nitrogens is 4. The minimum atomic E-state index is -0.300. The van der Waals surface area contributed by atoms with Crippen molar-refractivity contribution in [3.63, 3.8) is 0 Å². The van der Waals surface area contributed by atoms with Crippen molar-refractivity contribution in [3.8, 4) is 34.7 Å². The van der Waals surface area contributed by atoms with Gasteiger partial charge in [0.1, 0.15) is 17.6 Å². The Morgan fingerprint density at radius 2 is 1.63 bits per heavy atom. The van der Waals surface area contributed by atoms with E-state index in [2.05, 4.69) is 0 Å². The fourth-order valence-electron chi connectivity index (χ4n) is 5.36. The third-order valence-electron chi connectivity index (χ3n) is 7.46. The fraction of sp³-hybridized carbons (Fsp3) is 0.219. The van der Waals surface area contributed by atoms with E-state index in [4.69, 9.17) is 29.0 Å². The first-order valence-electron chi connectivity index (χ1n) is 13.3. The lowest BCUT2D eigenvalue weighted by molar-refractivity contribution is 0.354. The summed E-state index contributed by atoms with van der Waals surface area (Å²) in [6, 6.07) is 23.7. The van der Waals surface area contributed by atoms with Crippen LogP contribution in [0.3, 0.4) is 0 Å². The number of hydrogen-bond donors (Lipinski definition) is 1. The van der Waals surface area contributed by atoms with Gasteiger partial charge in [-0.2, -0.15) is 5.10 Å². The maximum atomic E-state index is 9.32. The number of para-hydroxylation sites is 1. The lowest BCUT2D eigenvalue weighted by Gasteiger charge is -2.27. The number of benzene rings is 3. The third kappa shape index (κ3) is 4.69. The van der Waals surface area contributed by atoms with Crippen molar-refractivity contribution in [3.05, 3.63) is 113 Å². The van der Waals surface area contributed by atoms with Gasteiger partial charge in [0.15, 0.2) is 11.5 Å². The highest BCUT2D eigenvalue weighted by Gasteiger charge is 2.37. The molecule has 0 unspecified atom stereocenters. The molecule has 0 bridgehead atoms. The highest BCUT2D eigenvalue weighted by atomic mass is 16.5. The number of ether oxygens (including phenoxy) is 4. The highest BCUT2D eigenvalue weighted by molar-refractivity contribution is 5.57. The van der Waals surface area contributed by atoms with Gasteiger partial charge in [0, 0.05) is 6.54 Å². The van der Waals surface area contributed by atoms with Gasteiger partial charge in [0.2, 0.25) is 11.8 Å². The Labute approximate surface area is 238 Å². The summed E-state index contributed by atoms with van der Waals surface area (Å²) in [7, 11) is 4.90. The molecule has 1 aliphatic rings. The zero-order valence-corrected chi connectivity index (χ0v) is 23.4. The number of aryl methyl sites for hydroxylation is 3. The molecular formula is C32H31N5O4. The zero-order chi connectivity index (χ0) is 28.5. The fourth-order valence-corrected chi connectivity index (χ4v) is 5.36. The molecule has 2 aromatic heterocycles. The van der Waals surface area contributed by atoms with Crippen molar-refractivity contribution < 1.29 is 18.9 Å². The van der Waals surface area contributed by atoms with Crippen molar-refractivity contribution >= 4 is 0 Å². The summed E-state index contributed by atoms with van der Waals surface area (Å²) < 4.78 is 26.4. The van der Waals surface area contributed by atoms with E-state index >= 15 is 0 Å². The maximum Gasteiger partial charge on any atom is 0.230 e. The smallest absolute Gasteiger partial charge is 0.230 e. The molecular weight excluding hydrogens is 518 g/mol. The lowest BCUT2D eigenvalue weighted by atomic mass is 9.84. The molecule has 1 N–H and O–H groups in total. The first-order valence-corrected chi connectivity index (χ1v) is 13.3. The molecule has 9 nitrogen and oxygen atoms in total. The summed E-state index contributed by atoms with van der Waals surface area (Å²) in [6.07, 6.45) is 2.36. The number of rotatable bonds is 8. The molecule has 0 spiro atoms. The average molecular weight is 550 g/mol. The molecule has 0 radical (unpaired) electrons. The van der Waals surface area contributed by atoms with Crippen molar-refractivity contribution in [1.82, 2.24) is 19.3 Å². The Kier molecular flexibility index (Phi) is 6.93. The molecule has 9 heteroatoms. The van der Waals surface area contributed by atoms with E-state index < -0.39 is 0 Å². The maximum absolute atomic E-state index is 9.32. The quantitative estimate of drug-likeness (QED) is 0.273. The normalized spacial score (nSPS) is 13.6. The molecule has 0 amide bonds. The zero-order valence-electron chi connectivity index (χ0n) is 23.4. The topological polar surface area (TPSA) is 96.4 Å². The molecule has 5 aromatic rings. The largest absolute Gasteiger partial charge is 0.497 e. The number of nitrogens with zero attached hydrogens (tertiary/aromatic N) is 4. The average Bonchev–Trinajstić information content (AvgIpc) is 3.35. The molecule has 0 aliphatic carbocycles. The van der Waals surface area contributed by atoms with Crippen LogP contribution in [0.1, 0.15) is 33.9 Å². The van der Waals surface area contributed by atoms with Crippen LogP contribution < -0.4 is 24.4 Å². The molecule has 208 valence electrons. The molecule has 41 heavy (non-hydrogen) atoms. The van der Waals surface area contributed by atoms with Crippen molar-refractivity contribution in [2.75, 3.05) is 21.3 Å². The van der Waals surface area contributed by atoms with E-state index in [1.54, 1.807) is 27.7 Å². The monoisotopic (exact) mass is 549 g/mol. The molecule has 0 fully saturated rings. The predicted octanol–water partition coefficient (Wildman–Crippen LogP) is 5.41. The molecule has 3 heterocycles. The van der Waals surface area contributed by atoms with Crippen LogP contribution in [0, 0.1) is 12.3 Å². The van der Waals surface area contributed by atoms with Gasteiger partial charge in [0.25, 0.3) is 0 Å². The molecule has 0 saturated carbocycles. The SMILES string of the molecule is COc1ccc([C@@H]2c3c(C)nn(-c4ccccc4)c3Oc3ncn(CCc4ccc(OC)c(OC)c4)c(=N)c32)cc1. The van der Waals surface area contributed by atoms with Crippen LogP contribution in [-0.4, -0.2) is 40.7 Å². The first kappa shape index (κ1) is 26.2. The summed E-state index contributed by atoms with van der Waals surface area (Å²) in [5.41, 5.74) is 5.75. The summed E-state index contributed by atoms with van der Waals surface area (Å²) in [5.74, 6) is 2.84. The van der Waals surface area contributed by atoms with E-state index in [0.717, 1.165) is 33.8 Å². The Balaban J connectivity index is 1.44. The minimum Gasteiger partial charge on any atom is -0.497 e. The van der Waals surface area contributed by atoms with Gasteiger partial charge in [0.05, 0.1) is 49.8 Å². The van der Waals surface area contributed by atoms with E-state index in [1.165, 1.54) is 0 Å². The molecule has 3 aromatic carbocycles. The molecule has 1 atom stereocenters. The van der Waals surface area contributed by atoms with E-state index in [0.29, 0.717) is 47.3 Å². The second kappa shape index (κ2) is 10.8. The number of nitrogens with one attached hydrogen (secondary N) is 1. The van der Waals surface area contributed by atoms with Crippen molar-refractivity contribution in [2.24, 2.45) is 0 Å². The predicted molar refractivity (Wildman–Crippen MR) is 154 cm³/mol. The molecule has 0 saturated heterocycles. The van der Waals surface area contributed by atoms with Gasteiger partial charge in [-0.3, -0.25) is 5.41 Å². The van der Waals surface area contributed by atoms with Gasteiger partial charge in [-0.1, -0.05) is 36.4 Å². The van der Waals surface area contributed by atoms with Crippen LogP contribution in [0.2, 0.25) is 0 Å². The Morgan fingerprint density at radius 3 is 2.34 bits per heavy atom. The molecule has 6 rings (SSSR count). The second-order valence-electron chi connectivity index (χ2n) is 9.80. The van der Waals surface area contributed by atoms with Gasteiger partial charge >= 0.3 is 0 Å². The van der Waals surface area contributed by atoms with Crippen LogP contribution in [0.25, 0.3) is 5.69 Å². The van der Waals surface area contributed by atoms with Crippen LogP contribution in [0.4, 0.5) is 0 Å². The molecule has 1 aliphatic heterocycles. The number of methoxy groups -OCH3 is 3. The number of hydrogen-bond acceptors (Lipinski definition) is 7.